The molecule has 5 nitrogen and oxygen atoms in total. The highest BCUT2D eigenvalue weighted by Gasteiger charge is 2.41. The van der Waals surface area contributed by atoms with Crippen molar-refractivity contribution in [1.29, 1.82) is 0 Å². The zero-order valence-electron chi connectivity index (χ0n) is 11.2. The van der Waals surface area contributed by atoms with Gasteiger partial charge in [0.25, 0.3) is 0 Å². The lowest BCUT2D eigenvalue weighted by atomic mass is 10.3. The van der Waals surface area contributed by atoms with Gasteiger partial charge < -0.3 is 20.0 Å². The van der Waals surface area contributed by atoms with E-state index < -0.39 is 20.9 Å². The summed E-state index contributed by atoms with van der Waals surface area (Å²) in [5.74, 6) is 0. The molecule has 3 N–H and O–H groups in total. The molecule has 0 aliphatic carbocycles. The number of halogens is 5. The molecule has 0 saturated carbocycles. The smallest absolute Gasteiger partial charge is 0.322 e. The molecule has 1 unspecified atom stereocenters. The van der Waals surface area contributed by atoms with Crippen LogP contribution in [-0.4, -0.2) is 36.9 Å². The first kappa shape index (κ1) is 21.9. The molecule has 1 rings (SSSR count). The summed E-state index contributed by atoms with van der Waals surface area (Å²) < 4.78 is -2.00. The highest BCUT2D eigenvalue weighted by atomic mass is 35.6. The number of carbonyl (C=O) groups excluding carboxylic acids is 1. The number of urea groups is 1. The normalized spacial score (nSPS) is 13.6. The second kappa shape index (κ2) is 8.49. The summed E-state index contributed by atoms with van der Waals surface area (Å²) in [7, 11) is 1.32. The molecule has 0 radical (unpaired) electrons. The van der Waals surface area contributed by atoms with Crippen LogP contribution < -0.4 is 5.32 Å². The average Bonchev–Trinajstić information content (AvgIpc) is 2.37. The zero-order valence-corrected chi connectivity index (χ0v) is 17.5. The van der Waals surface area contributed by atoms with Gasteiger partial charge in [-0.25, -0.2) is 4.79 Å². The molecule has 0 aliphatic heterocycles. The van der Waals surface area contributed by atoms with E-state index in [1.807, 2.05) is 0 Å². The quantitative estimate of drug-likeness (QED) is 0.319. The highest BCUT2D eigenvalue weighted by molar-refractivity contribution is 8.67. The van der Waals surface area contributed by atoms with E-state index in [1.165, 1.54) is 25.2 Å². The van der Waals surface area contributed by atoms with Crippen molar-refractivity contribution < 1.29 is 14.6 Å². The number of nitrogens with zero attached hydrogens (tertiary/aromatic N) is 1. The molecule has 0 aliphatic rings. The minimum atomic E-state index is -3.77. The van der Waals surface area contributed by atoms with Crippen LogP contribution in [-0.2, 0) is 11.8 Å². The molecular weight excluding hydrogens is 468 g/mol. The Hall–Kier alpha value is 0.860. The van der Waals surface area contributed by atoms with Gasteiger partial charge in [0.2, 0.25) is 9.49 Å². The number of rotatable bonds is 4. The van der Waals surface area contributed by atoms with Crippen molar-refractivity contribution in [1.82, 2.24) is 4.90 Å². The van der Waals surface area contributed by atoms with E-state index >= 15 is 0 Å². The molecule has 13 heteroatoms. The molecule has 130 valence electrons. The fraction of sp³-hybridized carbons (Fsp3) is 0.300. The Morgan fingerprint density at radius 2 is 1.91 bits per heavy atom. The van der Waals surface area contributed by atoms with Gasteiger partial charge in [0.05, 0.1) is 10.0 Å². The molecule has 0 aromatic heterocycles. The summed E-state index contributed by atoms with van der Waals surface area (Å²) in [6, 6.07) is 3.80. The Morgan fingerprint density at radius 3 is 2.35 bits per heavy atom. The summed E-state index contributed by atoms with van der Waals surface area (Å²) >= 11 is 34.0. The molecule has 0 saturated heterocycles. The maximum Gasteiger partial charge on any atom is 0.322 e. The number of amides is 2. The van der Waals surface area contributed by atoms with Crippen LogP contribution in [0.5, 0.6) is 0 Å². The van der Waals surface area contributed by atoms with Gasteiger partial charge >= 0.3 is 6.03 Å². The predicted molar refractivity (Wildman–Crippen MR) is 104 cm³/mol. The predicted octanol–water partition coefficient (Wildman–Crippen LogP) is 5.10. The lowest BCUT2D eigenvalue weighted by Gasteiger charge is -2.33. The molecule has 0 spiro atoms. The maximum atomic E-state index is 12.2. The van der Waals surface area contributed by atoms with Gasteiger partial charge in [0.15, 0.2) is 0 Å². The van der Waals surface area contributed by atoms with E-state index in [0.29, 0.717) is 22.1 Å². The van der Waals surface area contributed by atoms with Gasteiger partial charge in [-0.3, -0.25) is 0 Å². The van der Waals surface area contributed by atoms with Crippen LogP contribution >= 0.6 is 75.1 Å². The van der Waals surface area contributed by atoms with Gasteiger partial charge in [-0.15, -0.1) is 0 Å². The summed E-state index contributed by atoms with van der Waals surface area (Å²) in [6.07, 6.45) is 0. The Labute approximate surface area is 167 Å². The first-order chi connectivity index (χ1) is 10.3. The lowest BCUT2D eigenvalue weighted by molar-refractivity contribution is 0.219. The van der Waals surface area contributed by atoms with E-state index in [9.17, 15) is 14.6 Å². The molecular formula is C10H10Cl5N2O3PS2. The second-order valence-corrected chi connectivity index (χ2v) is 13.4. The SMILES string of the molecule is CN(C(=O)Nc1ccc(Cl)c(Cl)c1)C(SP(O)(O)=S)C(Cl)(Cl)Cl. The van der Waals surface area contributed by atoms with Crippen molar-refractivity contribution in [3.63, 3.8) is 0 Å². The van der Waals surface area contributed by atoms with Crippen LogP contribution in [0.1, 0.15) is 0 Å². The van der Waals surface area contributed by atoms with Crippen LogP contribution in [0.25, 0.3) is 0 Å². The minimum Gasteiger partial charge on any atom is -0.338 e. The third kappa shape index (κ3) is 7.32. The Kier molecular flexibility index (Phi) is 8.09. The number of hydrogen-bond acceptors (Lipinski definition) is 3. The molecule has 0 heterocycles. The molecule has 0 fully saturated rings. The Balaban J connectivity index is 2.94. The molecule has 1 atom stereocenters. The molecule has 1 aromatic carbocycles. The first-order valence-electron chi connectivity index (χ1n) is 5.61. The van der Waals surface area contributed by atoms with Gasteiger partial charge in [0.1, 0.15) is 5.37 Å². The van der Waals surface area contributed by atoms with Crippen molar-refractivity contribution in [2.45, 2.75) is 9.17 Å². The fourth-order valence-electron chi connectivity index (χ4n) is 1.37. The van der Waals surface area contributed by atoms with Crippen LogP contribution in [0.3, 0.4) is 0 Å². The van der Waals surface area contributed by atoms with Gasteiger partial charge in [-0.05, 0) is 41.4 Å². The zero-order chi connectivity index (χ0) is 18.0. The van der Waals surface area contributed by atoms with Crippen LogP contribution in [0, 0.1) is 0 Å². The standard InChI is InChI=1S/C10H10Cl5N2O3PS2/c1-17(8(10(13,14)15)23-21(19,20)22)9(18)16-5-2-3-6(11)7(12)4-5/h2-4,8H,1H3,(H,16,18)(H2,19,20,22). The Bertz CT molecular complexity index is 639. The summed E-state index contributed by atoms with van der Waals surface area (Å²) in [6.45, 7) is 0. The van der Waals surface area contributed by atoms with E-state index in [4.69, 9.17) is 58.0 Å². The van der Waals surface area contributed by atoms with E-state index in [0.717, 1.165) is 4.90 Å². The van der Waals surface area contributed by atoms with Crippen LogP contribution in [0.2, 0.25) is 10.0 Å². The number of anilines is 1. The first-order valence-corrected chi connectivity index (χ1v) is 11.7. The van der Waals surface area contributed by atoms with Crippen molar-refractivity contribution >= 4 is 98.6 Å². The highest BCUT2D eigenvalue weighted by Crippen LogP contribution is 2.58. The third-order valence-corrected chi connectivity index (χ3v) is 7.45. The summed E-state index contributed by atoms with van der Waals surface area (Å²) in [5, 5.41) is 1.87. The number of nitrogens with one attached hydrogen (secondary N) is 1. The lowest BCUT2D eigenvalue weighted by Crippen LogP contribution is -2.44. The third-order valence-electron chi connectivity index (χ3n) is 2.36. The largest absolute Gasteiger partial charge is 0.338 e. The number of benzene rings is 1. The van der Waals surface area contributed by atoms with E-state index in [1.54, 1.807) is 0 Å². The topological polar surface area (TPSA) is 72.8 Å². The van der Waals surface area contributed by atoms with Gasteiger partial charge in [0, 0.05) is 12.7 Å². The second-order valence-electron chi connectivity index (χ2n) is 4.16. The van der Waals surface area contributed by atoms with Gasteiger partial charge in [-0.2, -0.15) is 0 Å². The van der Waals surface area contributed by atoms with Crippen molar-refractivity contribution in [3.8, 4) is 0 Å². The fourth-order valence-corrected chi connectivity index (χ4v) is 6.10. The van der Waals surface area contributed by atoms with Crippen molar-refractivity contribution in [2.24, 2.45) is 0 Å². The minimum absolute atomic E-state index is 0.251. The van der Waals surface area contributed by atoms with Gasteiger partial charge in [-0.1, -0.05) is 58.0 Å². The number of carbonyl (C=O) groups is 1. The van der Waals surface area contributed by atoms with E-state index in [2.05, 4.69) is 17.1 Å². The summed E-state index contributed by atoms with van der Waals surface area (Å²) in [4.78, 5) is 32.1. The van der Waals surface area contributed by atoms with Crippen molar-refractivity contribution in [2.75, 3.05) is 12.4 Å². The Morgan fingerprint density at radius 1 is 1.35 bits per heavy atom. The molecule has 2 amide bonds. The maximum absolute atomic E-state index is 12.2. The monoisotopic (exact) mass is 476 g/mol. The molecule has 0 bridgehead atoms. The average molecular weight is 479 g/mol. The summed E-state index contributed by atoms with van der Waals surface area (Å²) in [5.41, 5.74) is -3.41. The number of hydrogen-bond donors (Lipinski definition) is 3. The van der Waals surface area contributed by atoms with Crippen molar-refractivity contribution in [3.05, 3.63) is 28.2 Å². The van der Waals surface area contributed by atoms with Crippen LogP contribution in [0.4, 0.5) is 10.5 Å². The number of alkyl halides is 3. The van der Waals surface area contributed by atoms with Crippen LogP contribution in [0.15, 0.2) is 18.2 Å². The molecule has 1 aromatic rings. The molecule has 23 heavy (non-hydrogen) atoms. The van der Waals surface area contributed by atoms with E-state index in [-0.39, 0.29) is 5.02 Å².